The van der Waals surface area contributed by atoms with Gasteiger partial charge in [0.1, 0.15) is 0 Å². The van der Waals surface area contributed by atoms with Gasteiger partial charge in [-0.3, -0.25) is 4.90 Å². The van der Waals surface area contributed by atoms with Crippen molar-refractivity contribution in [2.75, 3.05) is 13.1 Å². The summed E-state index contributed by atoms with van der Waals surface area (Å²) in [7, 11) is 0. The maximum Gasteiger partial charge on any atom is 0.0304 e. The van der Waals surface area contributed by atoms with Crippen molar-refractivity contribution in [3.05, 3.63) is 0 Å². The van der Waals surface area contributed by atoms with Gasteiger partial charge < -0.3 is 5.73 Å². The van der Waals surface area contributed by atoms with Gasteiger partial charge in [0.05, 0.1) is 0 Å². The molecule has 1 fully saturated rings. The molecule has 0 bridgehead atoms. The summed E-state index contributed by atoms with van der Waals surface area (Å²) >= 11 is 0. The van der Waals surface area contributed by atoms with Crippen LogP contribution in [0.3, 0.4) is 0 Å². The number of likely N-dealkylation sites (tertiary alicyclic amines) is 1. The van der Waals surface area contributed by atoms with Gasteiger partial charge in [0.15, 0.2) is 0 Å². The van der Waals surface area contributed by atoms with Crippen LogP contribution in [0.5, 0.6) is 0 Å². The summed E-state index contributed by atoms with van der Waals surface area (Å²) in [6.45, 7) is 9.10. The van der Waals surface area contributed by atoms with Gasteiger partial charge in [-0.15, -0.1) is 0 Å². The average Bonchev–Trinajstić information content (AvgIpc) is 2.16. The molecule has 1 rings (SSSR count). The molecule has 1 aliphatic heterocycles. The van der Waals surface area contributed by atoms with E-state index in [1.54, 1.807) is 0 Å². The lowest BCUT2D eigenvalue weighted by molar-refractivity contribution is 0.163. The third kappa shape index (κ3) is 1.57. The van der Waals surface area contributed by atoms with Gasteiger partial charge in [-0.2, -0.15) is 0 Å². The lowest BCUT2D eigenvalue weighted by atomic mass is 9.97. The van der Waals surface area contributed by atoms with E-state index in [4.69, 9.17) is 5.73 Å². The van der Waals surface area contributed by atoms with Gasteiger partial charge >= 0.3 is 0 Å². The first kappa shape index (κ1) is 9.01. The lowest BCUT2D eigenvalue weighted by Crippen LogP contribution is -2.48. The molecule has 11 heavy (non-hydrogen) atoms. The van der Waals surface area contributed by atoms with Crippen LogP contribution in [-0.4, -0.2) is 29.6 Å². The van der Waals surface area contributed by atoms with Crippen LogP contribution in [-0.2, 0) is 0 Å². The minimum Gasteiger partial charge on any atom is -0.326 e. The highest BCUT2D eigenvalue weighted by Crippen LogP contribution is 2.26. The lowest BCUT2D eigenvalue weighted by Gasteiger charge is -2.34. The molecule has 0 saturated carbocycles. The monoisotopic (exact) mass is 156 g/mol. The Hall–Kier alpha value is -0.0800. The molecule has 2 nitrogen and oxygen atoms in total. The van der Waals surface area contributed by atoms with Crippen molar-refractivity contribution in [1.82, 2.24) is 4.90 Å². The van der Waals surface area contributed by atoms with Crippen LogP contribution in [0.15, 0.2) is 0 Å². The van der Waals surface area contributed by atoms with E-state index in [0.29, 0.717) is 6.04 Å². The highest BCUT2D eigenvalue weighted by molar-refractivity contribution is 4.97. The molecule has 0 amide bonds. The average molecular weight is 156 g/mol. The minimum atomic E-state index is 0.232. The summed E-state index contributed by atoms with van der Waals surface area (Å²) in [5, 5.41) is 0. The van der Waals surface area contributed by atoms with Crippen LogP contribution in [0.4, 0.5) is 0 Å². The molecule has 1 atom stereocenters. The van der Waals surface area contributed by atoms with E-state index in [2.05, 4.69) is 25.7 Å². The summed E-state index contributed by atoms with van der Waals surface area (Å²) in [6.07, 6.45) is 2.39. The molecule has 2 heteroatoms. The normalized spacial score (nSPS) is 31.1. The molecule has 1 saturated heterocycles. The molecule has 2 N–H and O–H groups in total. The predicted molar refractivity (Wildman–Crippen MR) is 48.5 cm³/mol. The van der Waals surface area contributed by atoms with Gasteiger partial charge in [-0.1, -0.05) is 6.92 Å². The van der Waals surface area contributed by atoms with Crippen LogP contribution in [0.25, 0.3) is 0 Å². The predicted octanol–water partition coefficient (Wildman–Crippen LogP) is 1.21. The van der Waals surface area contributed by atoms with E-state index < -0.39 is 0 Å². The smallest absolute Gasteiger partial charge is 0.0304 e. The Labute approximate surface area is 69.8 Å². The van der Waals surface area contributed by atoms with E-state index in [9.17, 15) is 0 Å². The van der Waals surface area contributed by atoms with Gasteiger partial charge in [0, 0.05) is 18.1 Å². The van der Waals surface area contributed by atoms with Crippen molar-refractivity contribution in [3.8, 4) is 0 Å². The van der Waals surface area contributed by atoms with Crippen LogP contribution in [0, 0.1) is 0 Å². The molecule has 0 aromatic rings. The number of hydrogen-bond donors (Lipinski definition) is 1. The summed E-state index contributed by atoms with van der Waals surface area (Å²) in [4.78, 5) is 2.50. The van der Waals surface area contributed by atoms with Crippen LogP contribution >= 0.6 is 0 Å². The first-order chi connectivity index (χ1) is 5.09. The Kier molecular flexibility index (Phi) is 2.55. The SMILES string of the molecule is CCCN1CCC(N)C1(C)C. The van der Waals surface area contributed by atoms with E-state index in [-0.39, 0.29) is 5.54 Å². The van der Waals surface area contributed by atoms with E-state index in [1.165, 1.54) is 19.5 Å². The first-order valence-corrected chi connectivity index (χ1v) is 4.59. The van der Waals surface area contributed by atoms with Crippen molar-refractivity contribution in [2.45, 2.75) is 45.2 Å². The van der Waals surface area contributed by atoms with E-state index in [0.717, 1.165) is 6.42 Å². The van der Waals surface area contributed by atoms with Gasteiger partial charge in [-0.25, -0.2) is 0 Å². The van der Waals surface area contributed by atoms with Crippen molar-refractivity contribution < 1.29 is 0 Å². The second-order valence-corrected chi connectivity index (χ2v) is 4.04. The molecule has 0 aliphatic carbocycles. The van der Waals surface area contributed by atoms with Crippen molar-refractivity contribution in [3.63, 3.8) is 0 Å². The Balaban J connectivity index is 2.55. The number of hydrogen-bond acceptors (Lipinski definition) is 2. The van der Waals surface area contributed by atoms with Crippen LogP contribution in [0.1, 0.15) is 33.6 Å². The molecule has 0 radical (unpaired) electrons. The zero-order valence-corrected chi connectivity index (χ0v) is 7.93. The Bertz CT molecular complexity index is 130. The highest BCUT2D eigenvalue weighted by Gasteiger charge is 2.37. The zero-order chi connectivity index (χ0) is 8.48. The van der Waals surface area contributed by atoms with E-state index >= 15 is 0 Å². The number of nitrogens with zero attached hydrogens (tertiary/aromatic N) is 1. The fourth-order valence-electron chi connectivity index (χ4n) is 1.84. The standard InChI is InChI=1S/C9H20N2/c1-4-6-11-7-5-8(10)9(11,2)3/h8H,4-7,10H2,1-3H3. The van der Waals surface area contributed by atoms with Crippen molar-refractivity contribution in [1.29, 1.82) is 0 Å². The third-order valence-electron chi connectivity index (χ3n) is 2.93. The fourth-order valence-corrected chi connectivity index (χ4v) is 1.84. The summed E-state index contributed by atoms with van der Waals surface area (Å²) in [5.74, 6) is 0. The number of nitrogens with two attached hydrogens (primary N) is 1. The molecule has 0 aromatic heterocycles. The molecule has 0 spiro atoms. The molecule has 0 aromatic carbocycles. The Morgan fingerprint density at radius 3 is 2.55 bits per heavy atom. The zero-order valence-electron chi connectivity index (χ0n) is 7.93. The fraction of sp³-hybridized carbons (Fsp3) is 1.00. The maximum atomic E-state index is 5.99. The second kappa shape index (κ2) is 3.11. The van der Waals surface area contributed by atoms with Gasteiger partial charge in [0.25, 0.3) is 0 Å². The number of rotatable bonds is 2. The van der Waals surface area contributed by atoms with Crippen LogP contribution < -0.4 is 5.73 Å². The first-order valence-electron chi connectivity index (χ1n) is 4.59. The molecule has 66 valence electrons. The van der Waals surface area contributed by atoms with Crippen molar-refractivity contribution in [2.24, 2.45) is 5.73 Å². The Morgan fingerprint density at radius 1 is 1.55 bits per heavy atom. The van der Waals surface area contributed by atoms with Crippen LogP contribution in [0.2, 0.25) is 0 Å². The van der Waals surface area contributed by atoms with Gasteiger partial charge in [0.2, 0.25) is 0 Å². The minimum absolute atomic E-state index is 0.232. The Morgan fingerprint density at radius 2 is 2.18 bits per heavy atom. The topological polar surface area (TPSA) is 29.3 Å². The quantitative estimate of drug-likeness (QED) is 0.651. The summed E-state index contributed by atoms with van der Waals surface area (Å²) in [5.41, 5.74) is 6.22. The molecule has 1 aliphatic rings. The third-order valence-corrected chi connectivity index (χ3v) is 2.93. The highest BCUT2D eigenvalue weighted by atomic mass is 15.2. The van der Waals surface area contributed by atoms with Crippen molar-refractivity contribution >= 4 is 0 Å². The molecular formula is C9H20N2. The summed E-state index contributed by atoms with van der Waals surface area (Å²) in [6, 6.07) is 0.369. The van der Waals surface area contributed by atoms with E-state index in [1.807, 2.05) is 0 Å². The molecule has 1 unspecified atom stereocenters. The second-order valence-electron chi connectivity index (χ2n) is 4.04. The summed E-state index contributed by atoms with van der Waals surface area (Å²) < 4.78 is 0. The molecular weight excluding hydrogens is 136 g/mol. The largest absolute Gasteiger partial charge is 0.326 e. The van der Waals surface area contributed by atoms with Gasteiger partial charge in [-0.05, 0) is 33.2 Å². The molecule has 1 heterocycles. The maximum absolute atomic E-state index is 5.99.